The second kappa shape index (κ2) is 5.71. The van der Waals surface area contributed by atoms with Crippen molar-refractivity contribution in [2.24, 2.45) is 0 Å². The van der Waals surface area contributed by atoms with Gasteiger partial charge in [0.05, 0.1) is 18.2 Å². The summed E-state index contributed by atoms with van der Waals surface area (Å²) in [5, 5.41) is 11.7. The third-order valence-corrected chi connectivity index (χ3v) is 3.06. The van der Waals surface area contributed by atoms with E-state index in [0.29, 0.717) is 18.9 Å². The van der Waals surface area contributed by atoms with Crippen molar-refractivity contribution in [2.45, 2.75) is 12.5 Å². The number of hydrogen-bond acceptors (Lipinski definition) is 3. The summed E-state index contributed by atoms with van der Waals surface area (Å²) in [6, 6.07) is 5.98. The molecule has 0 saturated carbocycles. The van der Waals surface area contributed by atoms with Crippen LogP contribution in [0, 0.1) is 0 Å². The van der Waals surface area contributed by atoms with Crippen molar-refractivity contribution < 1.29 is 19.4 Å². The maximum Gasteiger partial charge on any atom is 0.335 e. The molecule has 1 fully saturated rings. The summed E-state index contributed by atoms with van der Waals surface area (Å²) in [5.74, 6) is -0.984. The first-order valence-corrected chi connectivity index (χ1v) is 6.03. The monoisotopic (exact) mass is 264 g/mol. The van der Waals surface area contributed by atoms with Crippen LogP contribution < -0.4 is 10.2 Å². The molecule has 1 aliphatic heterocycles. The molecule has 0 spiro atoms. The first kappa shape index (κ1) is 13.4. The van der Waals surface area contributed by atoms with Gasteiger partial charge in [0.25, 0.3) is 0 Å². The molecule has 1 heterocycles. The van der Waals surface area contributed by atoms with Gasteiger partial charge in [-0.25, -0.2) is 9.59 Å². The van der Waals surface area contributed by atoms with Gasteiger partial charge in [0.1, 0.15) is 0 Å². The fraction of sp³-hybridized carbons (Fsp3) is 0.385. The zero-order valence-electron chi connectivity index (χ0n) is 10.6. The highest BCUT2D eigenvalue weighted by molar-refractivity contribution is 5.93. The van der Waals surface area contributed by atoms with E-state index in [-0.39, 0.29) is 17.6 Å². The van der Waals surface area contributed by atoms with Crippen LogP contribution in [0.2, 0.25) is 0 Å². The second-order valence-corrected chi connectivity index (χ2v) is 4.42. The molecule has 6 nitrogen and oxygen atoms in total. The average molecular weight is 264 g/mol. The van der Waals surface area contributed by atoms with Crippen molar-refractivity contribution in [2.75, 3.05) is 25.2 Å². The topological polar surface area (TPSA) is 78.9 Å². The third-order valence-electron chi connectivity index (χ3n) is 3.06. The molecule has 2 amide bonds. The van der Waals surface area contributed by atoms with Gasteiger partial charge in [-0.05, 0) is 30.7 Å². The van der Waals surface area contributed by atoms with E-state index in [9.17, 15) is 9.59 Å². The van der Waals surface area contributed by atoms with Crippen LogP contribution in [0.3, 0.4) is 0 Å². The maximum absolute atomic E-state index is 12.0. The minimum absolute atomic E-state index is 0.0493. The number of nitrogens with zero attached hydrogens (tertiary/aromatic N) is 1. The Morgan fingerprint density at radius 2 is 2.05 bits per heavy atom. The largest absolute Gasteiger partial charge is 0.478 e. The van der Waals surface area contributed by atoms with Gasteiger partial charge < -0.3 is 15.2 Å². The summed E-state index contributed by atoms with van der Waals surface area (Å²) >= 11 is 0. The van der Waals surface area contributed by atoms with E-state index < -0.39 is 5.97 Å². The Kier molecular flexibility index (Phi) is 4.01. The summed E-state index contributed by atoms with van der Waals surface area (Å²) in [5.41, 5.74) is 0.836. The number of benzene rings is 1. The number of aromatic carboxylic acids is 1. The van der Waals surface area contributed by atoms with E-state index in [1.54, 1.807) is 19.2 Å². The van der Waals surface area contributed by atoms with E-state index in [1.807, 2.05) is 0 Å². The van der Waals surface area contributed by atoms with Gasteiger partial charge in [0, 0.05) is 19.3 Å². The van der Waals surface area contributed by atoms with Gasteiger partial charge in [-0.1, -0.05) is 0 Å². The van der Waals surface area contributed by atoms with Crippen molar-refractivity contribution in [1.82, 2.24) is 5.32 Å². The summed E-state index contributed by atoms with van der Waals surface area (Å²) in [6.07, 6.45) is 0.817. The van der Waals surface area contributed by atoms with Crippen LogP contribution in [-0.2, 0) is 4.74 Å². The number of rotatable bonds is 3. The van der Waals surface area contributed by atoms with Gasteiger partial charge in [-0.15, -0.1) is 0 Å². The number of carbonyl (C=O) groups excluding carboxylic acids is 1. The molecular weight excluding hydrogens is 248 g/mol. The Balaban J connectivity index is 1.99. The van der Waals surface area contributed by atoms with E-state index in [4.69, 9.17) is 9.84 Å². The van der Waals surface area contributed by atoms with Crippen LogP contribution in [0.5, 0.6) is 0 Å². The Labute approximate surface area is 111 Å². The minimum Gasteiger partial charge on any atom is -0.478 e. The Morgan fingerprint density at radius 1 is 1.37 bits per heavy atom. The molecule has 1 aromatic carbocycles. The quantitative estimate of drug-likeness (QED) is 0.863. The van der Waals surface area contributed by atoms with Crippen LogP contribution in [0.15, 0.2) is 24.3 Å². The SMILES string of the molecule is CN(C(=O)NC1CCOC1)c1ccc(C(=O)O)cc1. The number of amides is 2. The molecule has 2 rings (SSSR count). The number of carboxylic acid groups (broad SMARTS) is 1. The lowest BCUT2D eigenvalue weighted by Crippen LogP contribution is -2.43. The smallest absolute Gasteiger partial charge is 0.335 e. The van der Waals surface area contributed by atoms with E-state index in [2.05, 4.69) is 5.32 Å². The van der Waals surface area contributed by atoms with Crippen LogP contribution in [0.1, 0.15) is 16.8 Å². The first-order valence-electron chi connectivity index (χ1n) is 6.03. The highest BCUT2D eigenvalue weighted by Crippen LogP contribution is 2.14. The van der Waals surface area contributed by atoms with Crippen LogP contribution in [0.4, 0.5) is 10.5 Å². The Bertz CT molecular complexity index is 466. The van der Waals surface area contributed by atoms with Gasteiger partial charge in [0.15, 0.2) is 0 Å². The molecular formula is C13H16N2O4. The molecule has 0 aromatic heterocycles. The lowest BCUT2D eigenvalue weighted by molar-refractivity contribution is 0.0697. The van der Waals surface area contributed by atoms with Gasteiger partial charge in [0.2, 0.25) is 0 Å². The maximum atomic E-state index is 12.0. The van der Waals surface area contributed by atoms with Crippen molar-refractivity contribution >= 4 is 17.7 Å². The first-order chi connectivity index (χ1) is 9.08. The molecule has 1 unspecified atom stereocenters. The minimum atomic E-state index is -0.984. The second-order valence-electron chi connectivity index (χ2n) is 4.42. The predicted molar refractivity (Wildman–Crippen MR) is 69.6 cm³/mol. The summed E-state index contributed by atoms with van der Waals surface area (Å²) < 4.78 is 5.19. The standard InChI is InChI=1S/C13H16N2O4/c1-15(13(18)14-10-6-7-19-8-10)11-4-2-9(3-5-11)12(16)17/h2-5,10H,6-8H2,1H3,(H,14,18)(H,16,17). The molecule has 2 N–H and O–H groups in total. The van der Waals surface area contributed by atoms with Gasteiger partial charge in [-0.3, -0.25) is 4.90 Å². The molecule has 0 aliphatic carbocycles. The zero-order valence-corrected chi connectivity index (χ0v) is 10.6. The average Bonchev–Trinajstić information content (AvgIpc) is 2.90. The molecule has 0 bridgehead atoms. The van der Waals surface area contributed by atoms with Gasteiger partial charge in [-0.2, -0.15) is 0 Å². The molecule has 0 radical (unpaired) electrons. The van der Waals surface area contributed by atoms with E-state index in [0.717, 1.165) is 6.42 Å². The van der Waals surface area contributed by atoms with Crippen LogP contribution >= 0.6 is 0 Å². The van der Waals surface area contributed by atoms with Crippen molar-refractivity contribution in [1.29, 1.82) is 0 Å². The number of nitrogens with one attached hydrogen (secondary N) is 1. The molecule has 19 heavy (non-hydrogen) atoms. The zero-order chi connectivity index (χ0) is 13.8. The van der Waals surface area contributed by atoms with Crippen molar-refractivity contribution in [3.8, 4) is 0 Å². The highest BCUT2D eigenvalue weighted by Gasteiger charge is 2.20. The lowest BCUT2D eigenvalue weighted by atomic mass is 10.2. The number of hydrogen-bond donors (Lipinski definition) is 2. The summed E-state index contributed by atoms with van der Waals surface area (Å²) in [7, 11) is 1.64. The van der Waals surface area contributed by atoms with E-state index >= 15 is 0 Å². The summed E-state index contributed by atoms with van der Waals surface area (Å²) in [6.45, 7) is 1.21. The number of anilines is 1. The fourth-order valence-corrected chi connectivity index (χ4v) is 1.86. The molecule has 6 heteroatoms. The number of ether oxygens (including phenoxy) is 1. The van der Waals surface area contributed by atoms with Crippen molar-refractivity contribution in [3.05, 3.63) is 29.8 Å². The molecule has 1 aliphatic rings. The highest BCUT2D eigenvalue weighted by atomic mass is 16.5. The normalized spacial score (nSPS) is 18.1. The Hall–Kier alpha value is -2.08. The molecule has 1 atom stereocenters. The van der Waals surface area contributed by atoms with E-state index in [1.165, 1.54) is 17.0 Å². The molecule has 1 saturated heterocycles. The number of carboxylic acids is 1. The lowest BCUT2D eigenvalue weighted by Gasteiger charge is -2.20. The summed E-state index contributed by atoms with van der Waals surface area (Å²) in [4.78, 5) is 24.1. The molecule has 102 valence electrons. The van der Waals surface area contributed by atoms with Crippen LogP contribution in [0.25, 0.3) is 0 Å². The fourth-order valence-electron chi connectivity index (χ4n) is 1.86. The van der Waals surface area contributed by atoms with Crippen molar-refractivity contribution in [3.63, 3.8) is 0 Å². The van der Waals surface area contributed by atoms with Gasteiger partial charge >= 0.3 is 12.0 Å². The molecule has 1 aromatic rings. The Morgan fingerprint density at radius 3 is 2.58 bits per heavy atom. The number of carbonyl (C=O) groups is 2. The third kappa shape index (κ3) is 3.23. The van der Waals surface area contributed by atoms with Crippen LogP contribution in [-0.4, -0.2) is 43.4 Å². The number of urea groups is 1. The predicted octanol–water partition coefficient (Wildman–Crippen LogP) is 1.32.